The fourth-order valence-electron chi connectivity index (χ4n) is 2.06. The highest BCUT2D eigenvalue weighted by molar-refractivity contribution is 5.71. The van der Waals surface area contributed by atoms with E-state index in [0.29, 0.717) is 6.61 Å². The monoisotopic (exact) mass is 206 g/mol. The standard InChI is InChI=1S/C12H14O3/c1-8(12(13)14)9-6-7-15-11-5-3-2-4-10(9)11/h2-5,8-9H,6-7H2,1H3,(H,13,14)/t8-,9?/m0/s1. The lowest BCUT2D eigenvalue weighted by Gasteiger charge is -2.28. The van der Waals surface area contributed by atoms with E-state index in [1.807, 2.05) is 24.3 Å². The maximum atomic E-state index is 11.0. The molecule has 0 amide bonds. The first-order chi connectivity index (χ1) is 7.20. The van der Waals surface area contributed by atoms with E-state index in [9.17, 15) is 4.79 Å². The minimum atomic E-state index is -0.739. The predicted octanol–water partition coefficient (Wildman–Crippen LogP) is 2.27. The van der Waals surface area contributed by atoms with Crippen molar-refractivity contribution in [3.63, 3.8) is 0 Å². The van der Waals surface area contributed by atoms with E-state index in [1.54, 1.807) is 6.92 Å². The van der Waals surface area contributed by atoms with E-state index < -0.39 is 5.97 Å². The van der Waals surface area contributed by atoms with E-state index >= 15 is 0 Å². The third kappa shape index (κ3) is 1.82. The molecule has 1 unspecified atom stereocenters. The summed E-state index contributed by atoms with van der Waals surface area (Å²) in [5.41, 5.74) is 1.03. The molecule has 1 aromatic carbocycles. The molecule has 1 aromatic rings. The molecule has 1 N–H and O–H groups in total. The van der Waals surface area contributed by atoms with Crippen molar-refractivity contribution in [1.29, 1.82) is 0 Å². The second-order valence-corrected chi connectivity index (χ2v) is 3.91. The van der Waals surface area contributed by atoms with Crippen LogP contribution in [0, 0.1) is 5.92 Å². The number of hydrogen-bond acceptors (Lipinski definition) is 2. The van der Waals surface area contributed by atoms with E-state index in [0.717, 1.165) is 17.7 Å². The van der Waals surface area contributed by atoms with Crippen LogP contribution in [0.3, 0.4) is 0 Å². The van der Waals surface area contributed by atoms with E-state index in [2.05, 4.69) is 0 Å². The van der Waals surface area contributed by atoms with E-state index in [1.165, 1.54) is 0 Å². The maximum absolute atomic E-state index is 11.0. The number of ether oxygens (including phenoxy) is 1. The zero-order valence-electron chi connectivity index (χ0n) is 8.64. The lowest BCUT2D eigenvalue weighted by Crippen LogP contribution is -2.24. The fraction of sp³-hybridized carbons (Fsp3) is 0.417. The first-order valence-electron chi connectivity index (χ1n) is 5.14. The zero-order valence-corrected chi connectivity index (χ0v) is 8.64. The zero-order chi connectivity index (χ0) is 10.8. The van der Waals surface area contributed by atoms with Crippen molar-refractivity contribution in [2.45, 2.75) is 19.3 Å². The summed E-state index contributed by atoms with van der Waals surface area (Å²) < 4.78 is 5.49. The maximum Gasteiger partial charge on any atom is 0.306 e. The molecular weight excluding hydrogens is 192 g/mol. The summed E-state index contributed by atoms with van der Waals surface area (Å²) in [5.74, 6) is -0.180. The number of fused-ring (bicyclic) bond motifs is 1. The van der Waals surface area contributed by atoms with Gasteiger partial charge < -0.3 is 9.84 Å². The van der Waals surface area contributed by atoms with Gasteiger partial charge in [-0.15, -0.1) is 0 Å². The number of para-hydroxylation sites is 1. The molecule has 0 radical (unpaired) electrons. The van der Waals surface area contributed by atoms with Crippen molar-refractivity contribution in [2.24, 2.45) is 5.92 Å². The molecule has 1 heterocycles. The van der Waals surface area contributed by atoms with Gasteiger partial charge >= 0.3 is 5.97 Å². The molecule has 0 saturated carbocycles. The first-order valence-corrected chi connectivity index (χ1v) is 5.14. The minimum Gasteiger partial charge on any atom is -0.493 e. The van der Waals surface area contributed by atoms with Crippen LogP contribution in [0.25, 0.3) is 0 Å². The number of hydrogen-bond donors (Lipinski definition) is 1. The van der Waals surface area contributed by atoms with Crippen molar-refractivity contribution in [3.05, 3.63) is 29.8 Å². The molecule has 3 heteroatoms. The van der Waals surface area contributed by atoms with Crippen LogP contribution in [0.5, 0.6) is 5.75 Å². The first kappa shape index (κ1) is 10.0. The van der Waals surface area contributed by atoms with Crippen LogP contribution in [-0.2, 0) is 4.79 Å². The van der Waals surface area contributed by atoms with Gasteiger partial charge in [0.2, 0.25) is 0 Å². The summed E-state index contributed by atoms with van der Waals surface area (Å²) in [6.07, 6.45) is 0.782. The van der Waals surface area contributed by atoms with Crippen LogP contribution < -0.4 is 4.74 Å². The normalized spacial score (nSPS) is 21.3. The number of carboxylic acid groups (broad SMARTS) is 1. The Balaban J connectivity index is 2.33. The summed E-state index contributed by atoms with van der Waals surface area (Å²) in [6.45, 7) is 2.37. The highest BCUT2D eigenvalue weighted by Crippen LogP contribution is 2.37. The number of carbonyl (C=O) groups is 1. The minimum absolute atomic E-state index is 0.0763. The molecule has 80 valence electrons. The molecule has 0 spiro atoms. The summed E-state index contributed by atoms with van der Waals surface area (Å²) >= 11 is 0. The Hall–Kier alpha value is -1.51. The average molecular weight is 206 g/mol. The Kier molecular flexibility index (Phi) is 2.62. The van der Waals surface area contributed by atoms with Gasteiger partial charge in [-0.1, -0.05) is 25.1 Å². The third-order valence-corrected chi connectivity index (χ3v) is 3.00. The highest BCUT2D eigenvalue weighted by Gasteiger charge is 2.29. The molecule has 0 aromatic heterocycles. The summed E-state index contributed by atoms with van der Waals surface area (Å²) in [5, 5.41) is 9.02. The predicted molar refractivity (Wildman–Crippen MR) is 56.1 cm³/mol. The van der Waals surface area contributed by atoms with Crippen LogP contribution in [0.4, 0.5) is 0 Å². The van der Waals surface area contributed by atoms with Gasteiger partial charge in [-0.2, -0.15) is 0 Å². The van der Waals surface area contributed by atoms with Crippen LogP contribution in [0.1, 0.15) is 24.8 Å². The molecular formula is C12H14O3. The lowest BCUT2D eigenvalue weighted by molar-refractivity contribution is -0.142. The van der Waals surface area contributed by atoms with Crippen molar-refractivity contribution in [1.82, 2.24) is 0 Å². The smallest absolute Gasteiger partial charge is 0.306 e. The molecule has 1 aliphatic rings. The van der Waals surface area contributed by atoms with Gasteiger partial charge in [0.25, 0.3) is 0 Å². The summed E-state index contributed by atoms with van der Waals surface area (Å²) in [7, 11) is 0. The van der Waals surface area contributed by atoms with E-state index in [4.69, 9.17) is 9.84 Å². The van der Waals surface area contributed by atoms with Gasteiger partial charge in [-0.3, -0.25) is 4.79 Å². The van der Waals surface area contributed by atoms with E-state index in [-0.39, 0.29) is 11.8 Å². The Bertz CT molecular complexity index is 373. The molecule has 15 heavy (non-hydrogen) atoms. The van der Waals surface area contributed by atoms with Crippen molar-refractivity contribution < 1.29 is 14.6 Å². The molecule has 2 rings (SSSR count). The molecule has 0 saturated heterocycles. The average Bonchev–Trinajstić information content (AvgIpc) is 2.27. The summed E-state index contributed by atoms with van der Waals surface area (Å²) in [4.78, 5) is 11.0. The molecule has 1 aliphatic heterocycles. The van der Waals surface area contributed by atoms with Crippen LogP contribution >= 0.6 is 0 Å². The van der Waals surface area contributed by atoms with Crippen molar-refractivity contribution in [2.75, 3.05) is 6.61 Å². The van der Waals surface area contributed by atoms with Gasteiger partial charge in [0.05, 0.1) is 12.5 Å². The van der Waals surface area contributed by atoms with Crippen molar-refractivity contribution in [3.8, 4) is 5.75 Å². The lowest BCUT2D eigenvalue weighted by atomic mass is 9.83. The second-order valence-electron chi connectivity index (χ2n) is 3.91. The van der Waals surface area contributed by atoms with Gasteiger partial charge in [0.15, 0.2) is 0 Å². The molecule has 2 atom stereocenters. The van der Waals surface area contributed by atoms with Crippen LogP contribution in [0.15, 0.2) is 24.3 Å². The Morgan fingerprint density at radius 1 is 1.53 bits per heavy atom. The SMILES string of the molecule is C[C@H](C(=O)O)C1CCOc2ccccc21. The Labute approximate surface area is 88.7 Å². The molecule has 3 nitrogen and oxygen atoms in total. The number of aliphatic carboxylic acids is 1. The van der Waals surface area contributed by atoms with Gasteiger partial charge in [-0.05, 0) is 18.1 Å². The molecule has 0 aliphatic carbocycles. The van der Waals surface area contributed by atoms with Crippen molar-refractivity contribution >= 4 is 5.97 Å². The number of carboxylic acids is 1. The quantitative estimate of drug-likeness (QED) is 0.807. The van der Waals surface area contributed by atoms with Crippen LogP contribution in [-0.4, -0.2) is 17.7 Å². The Morgan fingerprint density at radius 3 is 3.00 bits per heavy atom. The number of benzene rings is 1. The largest absolute Gasteiger partial charge is 0.493 e. The topological polar surface area (TPSA) is 46.5 Å². The van der Waals surface area contributed by atoms with Gasteiger partial charge in [-0.25, -0.2) is 0 Å². The van der Waals surface area contributed by atoms with Gasteiger partial charge in [0.1, 0.15) is 5.75 Å². The highest BCUT2D eigenvalue weighted by atomic mass is 16.5. The summed E-state index contributed by atoms with van der Waals surface area (Å²) in [6, 6.07) is 7.69. The molecule has 0 bridgehead atoms. The third-order valence-electron chi connectivity index (χ3n) is 3.00. The Morgan fingerprint density at radius 2 is 2.27 bits per heavy atom. The fourth-order valence-corrected chi connectivity index (χ4v) is 2.06. The van der Waals surface area contributed by atoms with Crippen LogP contribution in [0.2, 0.25) is 0 Å². The number of rotatable bonds is 2. The second kappa shape index (κ2) is 3.93. The molecule has 0 fully saturated rings. The van der Waals surface area contributed by atoms with Gasteiger partial charge in [0, 0.05) is 5.92 Å².